The van der Waals surface area contributed by atoms with Gasteiger partial charge in [0.15, 0.2) is 5.96 Å². The van der Waals surface area contributed by atoms with Gasteiger partial charge in [-0.2, -0.15) is 11.8 Å². The molecule has 0 radical (unpaired) electrons. The number of sulfonamides is 1. The predicted octanol–water partition coefficient (Wildman–Crippen LogP) is 1.51. The number of likely N-dealkylation sites (tertiary alicyclic amines) is 1. The summed E-state index contributed by atoms with van der Waals surface area (Å²) in [4.78, 5) is 6.61. The summed E-state index contributed by atoms with van der Waals surface area (Å²) in [7, 11) is -1.41. The van der Waals surface area contributed by atoms with Gasteiger partial charge in [0.05, 0.1) is 5.75 Å². The first kappa shape index (κ1) is 20.5. The number of benzene rings is 1. The quantitative estimate of drug-likeness (QED) is 0.569. The second-order valence-electron chi connectivity index (χ2n) is 7.09. The van der Waals surface area contributed by atoms with E-state index in [4.69, 9.17) is 0 Å². The average molecular weight is 411 g/mol. The molecule has 1 N–H and O–H groups in total. The SMILES string of the molecule is CN=C(NCCS(=O)(=O)N1CCSCC1)N1CCC(Cc2ccccc2)C1. The molecule has 2 aliphatic heterocycles. The van der Waals surface area contributed by atoms with Gasteiger partial charge >= 0.3 is 0 Å². The minimum absolute atomic E-state index is 0.123. The lowest BCUT2D eigenvalue weighted by molar-refractivity contribution is 0.441. The van der Waals surface area contributed by atoms with E-state index in [1.807, 2.05) is 17.8 Å². The van der Waals surface area contributed by atoms with Gasteiger partial charge in [-0.25, -0.2) is 12.7 Å². The Kier molecular flexibility index (Phi) is 7.43. The Hall–Kier alpha value is -1.25. The number of hydrogen-bond donors (Lipinski definition) is 1. The highest BCUT2D eigenvalue weighted by atomic mass is 32.2. The molecule has 1 aromatic rings. The first-order valence-electron chi connectivity index (χ1n) is 9.63. The minimum atomic E-state index is -3.18. The van der Waals surface area contributed by atoms with Crippen LogP contribution in [0.15, 0.2) is 35.3 Å². The third kappa shape index (κ3) is 5.86. The van der Waals surface area contributed by atoms with E-state index in [-0.39, 0.29) is 5.75 Å². The number of thioether (sulfide) groups is 1. The van der Waals surface area contributed by atoms with E-state index in [0.29, 0.717) is 25.6 Å². The van der Waals surface area contributed by atoms with Crippen LogP contribution >= 0.6 is 11.8 Å². The number of hydrogen-bond acceptors (Lipinski definition) is 4. The number of nitrogens with zero attached hydrogens (tertiary/aromatic N) is 3. The van der Waals surface area contributed by atoms with Crippen molar-refractivity contribution in [2.45, 2.75) is 12.8 Å². The summed E-state index contributed by atoms with van der Waals surface area (Å²) in [6.45, 7) is 3.60. The molecule has 1 atom stereocenters. The highest BCUT2D eigenvalue weighted by molar-refractivity contribution is 7.99. The van der Waals surface area contributed by atoms with Gasteiger partial charge in [-0.05, 0) is 24.3 Å². The van der Waals surface area contributed by atoms with Crippen LogP contribution in [0.1, 0.15) is 12.0 Å². The topological polar surface area (TPSA) is 65.0 Å². The van der Waals surface area contributed by atoms with Crippen molar-refractivity contribution in [2.75, 3.05) is 57.0 Å². The second-order valence-corrected chi connectivity index (χ2v) is 10.4. The number of guanidine groups is 1. The molecule has 0 amide bonds. The molecule has 1 aromatic carbocycles. The summed E-state index contributed by atoms with van der Waals surface area (Å²) in [5.41, 5.74) is 1.37. The maximum absolute atomic E-state index is 12.5. The highest BCUT2D eigenvalue weighted by Gasteiger charge is 2.26. The Morgan fingerprint density at radius 1 is 1.22 bits per heavy atom. The third-order valence-corrected chi connectivity index (χ3v) is 7.99. The van der Waals surface area contributed by atoms with Gasteiger partial charge in [-0.15, -0.1) is 0 Å². The highest BCUT2D eigenvalue weighted by Crippen LogP contribution is 2.21. The van der Waals surface area contributed by atoms with Crippen LogP contribution < -0.4 is 5.32 Å². The largest absolute Gasteiger partial charge is 0.355 e. The van der Waals surface area contributed by atoms with Crippen molar-refractivity contribution in [3.8, 4) is 0 Å². The van der Waals surface area contributed by atoms with Crippen molar-refractivity contribution in [1.29, 1.82) is 0 Å². The molecule has 0 saturated carbocycles. The summed E-state index contributed by atoms with van der Waals surface area (Å²) >= 11 is 1.82. The fourth-order valence-electron chi connectivity index (χ4n) is 3.72. The van der Waals surface area contributed by atoms with Crippen molar-refractivity contribution in [2.24, 2.45) is 10.9 Å². The zero-order chi connectivity index (χ0) is 19.1. The zero-order valence-corrected chi connectivity index (χ0v) is 17.6. The molecule has 0 aromatic heterocycles. The summed E-state index contributed by atoms with van der Waals surface area (Å²) < 4.78 is 26.5. The van der Waals surface area contributed by atoms with Crippen LogP contribution in [0, 0.1) is 5.92 Å². The first-order chi connectivity index (χ1) is 13.1. The smallest absolute Gasteiger partial charge is 0.215 e. The predicted molar refractivity (Wildman–Crippen MR) is 114 cm³/mol. The molecule has 2 fully saturated rings. The molecule has 2 aliphatic rings. The average Bonchev–Trinajstić information content (AvgIpc) is 3.15. The molecule has 6 nitrogen and oxygen atoms in total. The Morgan fingerprint density at radius 2 is 1.96 bits per heavy atom. The Morgan fingerprint density at radius 3 is 2.67 bits per heavy atom. The molecule has 2 heterocycles. The van der Waals surface area contributed by atoms with Gasteiger partial charge in [0.25, 0.3) is 0 Å². The second kappa shape index (κ2) is 9.80. The summed E-state index contributed by atoms with van der Waals surface area (Å²) in [6, 6.07) is 10.6. The van der Waals surface area contributed by atoms with Crippen LogP contribution in [-0.4, -0.2) is 80.6 Å². The van der Waals surface area contributed by atoms with Gasteiger partial charge < -0.3 is 10.2 Å². The van der Waals surface area contributed by atoms with Gasteiger partial charge in [0, 0.05) is 51.3 Å². The first-order valence-corrected chi connectivity index (χ1v) is 12.4. The van der Waals surface area contributed by atoms with E-state index in [0.717, 1.165) is 43.4 Å². The zero-order valence-electron chi connectivity index (χ0n) is 16.0. The van der Waals surface area contributed by atoms with E-state index in [2.05, 4.69) is 39.5 Å². The Labute approximate surface area is 167 Å². The van der Waals surface area contributed by atoms with Crippen molar-refractivity contribution in [3.05, 3.63) is 35.9 Å². The van der Waals surface area contributed by atoms with Gasteiger partial charge in [0.2, 0.25) is 10.0 Å². The van der Waals surface area contributed by atoms with Gasteiger partial charge in [0.1, 0.15) is 0 Å². The molecule has 0 spiro atoms. The molecular weight excluding hydrogens is 380 g/mol. The molecular formula is C19H30N4O2S2. The van der Waals surface area contributed by atoms with Crippen LogP contribution in [0.25, 0.3) is 0 Å². The van der Waals surface area contributed by atoms with Crippen molar-refractivity contribution in [3.63, 3.8) is 0 Å². The van der Waals surface area contributed by atoms with Crippen LogP contribution in [0.3, 0.4) is 0 Å². The molecule has 150 valence electrons. The monoisotopic (exact) mass is 410 g/mol. The van der Waals surface area contributed by atoms with Gasteiger partial charge in [-0.1, -0.05) is 30.3 Å². The Bertz CT molecular complexity index is 718. The molecule has 8 heteroatoms. The van der Waals surface area contributed by atoms with E-state index >= 15 is 0 Å². The fourth-order valence-corrected chi connectivity index (χ4v) is 6.21. The lowest BCUT2D eigenvalue weighted by Gasteiger charge is -2.26. The van der Waals surface area contributed by atoms with Crippen LogP contribution in [0.2, 0.25) is 0 Å². The molecule has 0 bridgehead atoms. The van der Waals surface area contributed by atoms with E-state index < -0.39 is 10.0 Å². The third-order valence-electron chi connectivity index (χ3n) is 5.17. The normalized spacial score (nSPS) is 22.2. The molecule has 27 heavy (non-hydrogen) atoms. The maximum atomic E-state index is 12.5. The van der Waals surface area contributed by atoms with Crippen LogP contribution in [-0.2, 0) is 16.4 Å². The van der Waals surface area contributed by atoms with E-state index in [1.54, 1.807) is 11.4 Å². The number of aliphatic imine (C=N–C) groups is 1. The van der Waals surface area contributed by atoms with Crippen LogP contribution in [0.5, 0.6) is 0 Å². The number of nitrogens with one attached hydrogen (secondary N) is 1. The fraction of sp³-hybridized carbons (Fsp3) is 0.632. The molecule has 1 unspecified atom stereocenters. The molecule has 3 rings (SSSR count). The van der Waals surface area contributed by atoms with Gasteiger partial charge in [-0.3, -0.25) is 4.99 Å². The molecule has 0 aliphatic carbocycles. The van der Waals surface area contributed by atoms with Crippen molar-refractivity contribution in [1.82, 2.24) is 14.5 Å². The number of rotatable bonds is 6. The summed E-state index contributed by atoms with van der Waals surface area (Å²) in [5.74, 6) is 3.34. The minimum Gasteiger partial charge on any atom is -0.355 e. The summed E-state index contributed by atoms with van der Waals surface area (Å²) in [5, 5.41) is 3.26. The molecule has 2 saturated heterocycles. The summed E-state index contributed by atoms with van der Waals surface area (Å²) in [6.07, 6.45) is 2.22. The van der Waals surface area contributed by atoms with Crippen molar-refractivity contribution >= 4 is 27.7 Å². The van der Waals surface area contributed by atoms with E-state index in [9.17, 15) is 8.42 Å². The maximum Gasteiger partial charge on any atom is 0.215 e. The Balaban J connectivity index is 1.45. The van der Waals surface area contributed by atoms with Crippen LogP contribution in [0.4, 0.5) is 0 Å². The van der Waals surface area contributed by atoms with Crippen molar-refractivity contribution < 1.29 is 8.42 Å². The standard InChI is InChI=1S/C19H30N4O2S2/c1-20-19(21-8-14-27(24,25)23-10-12-26-13-11-23)22-9-7-18(16-22)15-17-5-3-2-4-6-17/h2-6,18H,7-16H2,1H3,(H,20,21). The van der Waals surface area contributed by atoms with E-state index in [1.165, 1.54) is 5.56 Å². The lowest BCUT2D eigenvalue weighted by Crippen LogP contribution is -2.45. The lowest BCUT2D eigenvalue weighted by atomic mass is 9.99.